The molecule has 0 aromatic heterocycles. The van der Waals surface area contributed by atoms with Crippen LogP contribution in [-0.2, 0) is 9.59 Å². The van der Waals surface area contributed by atoms with Gasteiger partial charge >= 0.3 is 11.9 Å². The van der Waals surface area contributed by atoms with Gasteiger partial charge in [0.05, 0.1) is 5.57 Å². The Morgan fingerprint density at radius 1 is 1.38 bits per heavy atom. The molecular formula is C8H6F3NO4. The largest absolute Gasteiger partial charge is 0.481 e. The number of carboxylic acids is 2. The average molecular weight is 237 g/mol. The number of aliphatic carboxylic acids is 2. The van der Waals surface area contributed by atoms with E-state index < -0.39 is 40.9 Å². The van der Waals surface area contributed by atoms with Crippen LogP contribution in [0.4, 0.5) is 13.2 Å². The molecule has 0 fully saturated rings. The Morgan fingerprint density at radius 3 is 2.25 bits per heavy atom. The lowest BCUT2D eigenvalue weighted by Crippen LogP contribution is -2.49. The highest BCUT2D eigenvalue weighted by molar-refractivity contribution is 5.96. The van der Waals surface area contributed by atoms with Crippen molar-refractivity contribution in [3.63, 3.8) is 0 Å². The average Bonchev–Trinajstić information content (AvgIpc) is 2.08. The van der Waals surface area contributed by atoms with Crippen molar-refractivity contribution in [1.29, 1.82) is 0 Å². The van der Waals surface area contributed by atoms with Crippen LogP contribution in [0.3, 0.4) is 0 Å². The van der Waals surface area contributed by atoms with Gasteiger partial charge in [-0.05, 0) is 0 Å². The number of halogens is 3. The Labute approximate surface area is 86.7 Å². The zero-order valence-corrected chi connectivity index (χ0v) is 7.58. The molecule has 0 saturated heterocycles. The van der Waals surface area contributed by atoms with E-state index in [1.54, 1.807) is 0 Å². The normalized spacial score (nSPS) is 30.0. The van der Waals surface area contributed by atoms with Gasteiger partial charge in [-0.3, -0.25) is 10.5 Å². The zero-order chi connectivity index (χ0) is 12.7. The van der Waals surface area contributed by atoms with Crippen LogP contribution in [-0.4, -0.2) is 27.9 Å². The molecule has 0 aromatic rings. The van der Waals surface area contributed by atoms with Gasteiger partial charge in [0.1, 0.15) is 5.92 Å². The second kappa shape index (κ2) is 3.63. The Bertz CT molecular complexity index is 427. The van der Waals surface area contributed by atoms with E-state index in [1.807, 2.05) is 0 Å². The molecule has 0 aromatic carbocycles. The summed E-state index contributed by atoms with van der Waals surface area (Å²) in [5.74, 6) is -13.6. The minimum atomic E-state index is -3.29. The summed E-state index contributed by atoms with van der Waals surface area (Å²) in [5.41, 5.74) is 3.23. The maximum Gasteiger partial charge on any atom is 0.335 e. The van der Waals surface area contributed by atoms with E-state index in [4.69, 9.17) is 15.9 Å². The first-order valence-corrected chi connectivity index (χ1v) is 3.90. The summed E-state index contributed by atoms with van der Waals surface area (Å²) in [6, 6.07) is 0. The number of carboxylic acid groups (broad SMARTS) is 2. The van der Waals surface area contributed by atoms with E-state index in [1.165, 1.54) is 0 Å². The number of allylic oxidation sites excluding steroid dienone is 2. The number of hydrogen-bond acceptors (Lipinski definition) is 3. The van der Waals surface area contributed by atoms with E-state index in [9.17, 15) is 22.8 Å². The molecule has 2 unspecified atom stereocenters. The smallest absolute Gasteiger partial charge is 0.335 e. The molecule has 0 radical (unpaired) electrons. The summed E-state index contributed by atoms with van der Waals surface area (Å²) in [4.78, 5) is 21.1. The fourth-order valence-corrected chi connectivity index (χ4v) is 1.35. The molecule has 4 N–H and O–H groups in total. The molecule has 8 heteroatoms. The Morgan fingerprint density at radius 2 is 1.88 bits per heavy atom. The van der Waals surface area contributed by atoms with Crippen molar-refractivity contribution >= 4 is 11.9 Å². The molecule has 0 saturated carbocycles. The summed E-state index contributed by atoms with van der Waals surface area (Å²) in [6.45, 7) is 0. The van der Waals surface area contributed by atoms with Crippen LogP contribution < -0.4 is 5.73 Å². The topological polar surface area (TPSA) is 101 Å². The summed E-state index contributed by atoms with van der Waals surface area (Å²) in [7, 11) is 0. The van der Waals surface area contributed by atoms with Gasteiger partial charge in [-0.2, -0.15) is 0 Å². The van der Waals surface area contributed by atoms with Gasteiger partial charge in [0.2, 0.25) is 0 Å². The minimum Gasteiger partial charge on any atom is -0.481 e. The monoisotopic (exact) mass is 237 g/mol. The third kappa shape index (κ3) is 1.78. The van der Waals surface area contributed by atoms with Crippen LogP contribution in [0.2, 0.25) is 0 Å². The standard InChI is InChI=1S/C8H6F3NO4/c9-2-1-8(11,12)4(7(15)16)3(5(2)10)6(13)14/h1,4H,12H2,(H,13,14)(H,15,16). The molecule has 0 aliphatic heterocycles. The first-order valence-electron chi connectivity index (χ1n) is 3.90. The first kappa shape index (κ1) is 12.2. The van der Waals surface area contributed by atoms with E-state index in [2.05, 4.69) is 0 Å². The van der Waals surface area contributed by atoms with Gasteiger partial charge in [0, 0.05) is 6.08 Å². The highest BCUT2D eigenvalue weighted by atomic mass is 19.2. The fourth-order valence-electron chi connectivity index (χ4n) is 1.35. The number of hydrogen-bond donors (Lipinski definition) is 3. The van der Waals surface area contributed by atoms with Crippen LogP contribution in [0.15, 0.2) is 23.3 Å². The third-order valence-electron chi connectivity index (χ3n) is 2.00. The van der Waals surface area contributed by atoms with Crippen molar-refractivity contribution in [1.82, 2.24) is 0 Å². The quantitative estimate of drug-likeness (QED) is 0.606. The zero-order valence-electron chi connectivity index (χ0n) is 7.58. The molecule has 16 heavy (non-hydrogen) atoms. The van der Waals surface area contributed by atoms with Crippen LogP contribution in [0, 0.1) is 5.92 Å². The van der Waals surface area contributed by atoms with Crippen molar-refractivity contribution < 1.29 is 33.0 Å². The van der Waals surface area contributed by atoms with Crippen molar-refractivity contribution in [2.24, 2.45) is 11.7 Å². The van der Waals surface area contributed by atoms with Gasteiger partial charge in [0.25, 0.3) is 0 Å². The molecule has 1 aliphatic rings. The van der Waals surface area contributed by atoms with E-state index >= 15 is 0 Å². The lowest BCUT2D eigenvalue weighted by atomic mass is 9.84. The summed E-state index contributed by atoms with van der Waals surface area (Å²) < 4.78 is 39.2. The highest BCUT2D eigenvalue weighted by Gasteiger charge is 2.50. The second-order valence-corrected chi connectivity index (χ2v) is 3.12. The van der Waals surface area contributed by atoms with Crippen molar-refractivity contribution in [2.75, 3.05) is 0 Å². The number of carbonyl (C=O) groups is 2. The molecule has 0 heterocycles. The van der Waals surface area contributed by atoms with Gasteiger partial charge < -0.3 is 10.2 Å². The van der Waals surface area contributed by atoms with E-state index in [-0.39, 0.29) is 6.08 Å². The maximum atomic E-state index is 13.4. The highest BCUT2D eigenvalue weighted by Crippen LogP contribution is 2.37. The van der Waals surface area contributed by atoms with Crippen LogP contribution in [0.5, 0.6) is 0 Å². The maximum absolute atomic E-state index is 13.4. The van der Waals surface area contributed by atoms with Crippen LogP contribution in [0.1, 0.15) is 0 Å². The summed E-state index contributed by atoms with van der Waals surface area (Å²) in [5, 5.41) is 17.1. The predicted octanol–water partition coefficient (Wildman–Crippen LogP) is 0.487. The number of alkyl halides is 1. The minimum absolute atomic E-state index is 0.104. The van der Waals surface area contributed by atoms with Gasteiger partial charge in [-0.25, -0.2) is 18.0 Å². The van der Waals surface area contributed by atoms with Crippen LogP contribution in [0.25, 0.3) is 0 Å². The van der Waals surface area contributed by atoms with Gasteiger partial charge in [-0.1, -0.05) is 0 Å². The first-order chi connectivity index (χ1) is 7.18. The van der Waals surface area contributed by atoms with E-state index in [0.29, 0.717) is 0 Å². The molecule has 0 bridgehead atoms. The Hall–Kier alpha value is -1.83. The SMILES string of the molecule is NC1(F)C=C(F)C(F)=C(C(=O)O)C1C(=O)O. The molecule has 1 aliphatic carbocycles. The molecular weight excluding hydrogens is 231 g/mol. The molecule has 0 spiro atoms. The van der Waals surface area contributed by atoms with Gasteiger partial charge in [-0.15, -0.1) is 0 Å². The number of nitrogens with two attached hydrogens (primary N) is 1. The van der Waals surface area contributed by atoms with E-state index in [0.717, 1.165) is 0 Å². The molecule has 5 nitrogen and oxygen atoms in total. The Balaban J connectivity index is 3.45. The lowest BCUT2D eigenvalue weighted by molar-refractivity contribution is -0.148. The van der Waals surface area contributed by atoms with Gasteiger partial charge in [0.15, 0.2) is 17.4 Å². The Kier molecular flexibility index (Phi) is 2.78. The second-order valence-electron chi connectivity index (χ2n) is 3.12. The summed E-state index contributed by atoms with van der Waals surface area (Å²) >= 11 is 0. The molecule has 88 valence electrons. The fraction of sp³-hybridized carbons (Fsp3) is 0.250. The van der Waals surface area contributed by atoms with Crippen molar-refractivity contribution in [3.8, 4) is 0 Å². The predicted molar refractivity (Wildman–Crippen MR) is 44.1 cm³/mol. The number of rotatable bonds is 2. The lowest BCUT2D eigenvalue weighted by Gasteiger charge is -2.27. The summed E-state index contributed by atoms with van der Waals surface area (Å²) in [6.07, 6.45) is -0.104. The van der Waals surface area contributed by atoms with Crippen molar-refractivity contribution in [3.05, 3.63) is 23.3 Å². The molecule has 0 amide bonds. The third-order valence-corrected chi connectivity index (χ3v) is 2.00. The van der Waals surface area contributed by atoms with Crippen molar-refractivity contribution in [2.45, 2.75) is 5.79 Å². The molecule has 2 atom stereocenters. The van der Waals surface area contributed by atoms with Crippen LogP contribution >= 0.6 is 0 Å². The molecule has 1 rings (SSSR count).